The van der Waals surface area contributed by atoms with Crippen molar-refractivity contribution in [3.8, 4) is 5.75 Å². The molecule has 4 nitrogen and oxygen atoms in total. The average molecular weight is 400 g/mol. The van der Waals surface area contributed by atoms with Gasteiger partial charge in [-0.05, 0) is 53.6 Å². The molecule has 0 aromatic heterocycles. The highest BCUT2D eigenvalue weighted by Gasteiger charge is 2.32. The van der Waals surface area contributed by atoms with E-state index in [1.54, 1.807) is 14.0 Å². The number of ketones is 1. The number of benzene rings is 2. The van der Waals surface area contributed by atoms with Crippen molar-refractivity contribution in [3.63, 3.8) is 0 Å². The minimum Gasteiger partial charge on any atom is -0.497 e. The summed E-state index contributed by atoms with van der Waals surface area (Å²) in [6, 6.07) is 15.5. The Morgan fingerprint density at radius 1 is 1.11 bits per heavy atom. The Labute approximate surface area is 171 Å². The first-order valence-corrected chi connectivity index (χ1v) is 9.99. The zero-order valence-corrected chi connectivity index (χ0v) is 17.1. The van der Waals surface area contributed by atoms with Gasteiger partial charge in [0.2, 0.25) is 5.91 Å². The van der Waals surface area contributed by atoms with Crippen LogP contribution in [0.2, 0.25) is 5.02 Å². The number of ether oxygens (including phenoxy) is 1. The molecule has 3 rings (SSSR count). The maximum absolute atomic E-state index is 12.8. The van der Waals surface area contributed by atoms with Gasteiger partial charge in [0.05, 0.1) is 7.11 Å². The number of Topliss-reactive ketones (excluding diaryl/α,β-unsaturated/α-hetero) is 1. The third kappa shape index (κ3) is 5.14. The molecule has 2 aromatic rings. The van der Waals surface area contributed by atoms with E-state index >= 15 is 0 Å². The third-order valence-electron chi connectivity index (χ3n) is 5.53. The van der Waals surface area contributed by atoms with Gasteiger partial charge < -0.3 is 9.64 Å². The Hall–Kier alpha value is -2.33. The molecule has 1 heterocycles. The van der Waals surface area contributed by atoms with Crippen LogP contribution in [0.25, 0.3) is 0 Å². The van der Waals surface area contributed by atoms with Gasteiger partial charge in [0.25, 0.3) is 0 Å². The van der Waals surface area contributed by atoms with Crippen molar-refractivity contribution >= 4 is 23.3 Å². The number of likely N-dealkylation sites (tertiary alicyclic amines) is 1. The SMILES string of the molecule is COc1ccc(C2CCN(C(C)=O)C[C@H]2CC(=O)Cc2ccc(Cl)cc2)cc1. The lowest BCUT2D eigenvalue weighted by atomic mass is 9.77. The van der Waals surface area contributed by atoms with Crippen LogP contribution in [0.5, 0.6) is 5.75 Å². The summed E-state index contributed by atoms with van der Waals surface area (Å²) < 4.78 is 5.25. The highest BCUT2D eigenvalue weighted by atomic mass is 35.5. The molecule has 2 atom stereocenters. The van der Waals surface area contributed by atoms with Crippen molar-refractivity contribution in [2.24, 2.45) is 5.92 Å². The van der Waals surface area contributed by atoms with Gasteiger partial charge in [0.15, 0.2) is 0 Å². The molecule has 0 spiro atoms. The van der Waals surface area contributed by atoms with Gasteiger partial charge in [-0.1, -0.05) is 35.9 Å². The molecule has 0 aliphatic carbocycles. The highest BCUT2D eigenvalue weighted by molar-refractivity contribution is 6.30. The normalized spacial score (nSPS) is 19.3. The molecule has 0 saturated carbocycles. The van der Waals surface area contributed by atoms with Crippen LogP contribution in [0, 0.1) is 5.92 Å². The zero-order chi connectivity index (χ0) is 20.1. The molecule has 2 aromatic carbocycles. The number of hydrogen-bond donors (Lipinski definition) is 0. The second-order valence-electron chi connectivity index (χ2n) is 7.44. The molecule has 1 fully saturated rings. The van der Waals surface area contributed by atoms with Gasteiger partial charge in [-0.25, -0.2) is 0 Å². The lowest BCUT2D eigenvalue weighted by molar-refractivity contribution is -0.132. The third-order valence-corrected chi connectivity index (χ3v) is 5.78. The smallest absolute Gasteiger partial charge is 0.219 e. The number of amides is 1. The first-order valence-electron chi connectivity index (χ1n) is 9.62. The number of piperidine rings is 1. The van der Waals surface area contributed by atoms with Crippen molar-refractivity contribution < 1.29 is 14.3 Å². The molecular weight excluding hydrogens is 374 g/mol. The quantitative estimate of drug-likeness (QED) is 0.718. The van der Waals surface area contributed by atoms with E-state index in [9.17, 15) is 9.59 Å². The van der Waals surface area contributed by atoms with Crippen LogP contribution in [0.3, 0.4) is 0 Å². The first-order chi connectivity index (χ1) is 13.5. The number of rotatable bonds is 6. The molecule has 0 N–H and O–H groups in total. The topological polar surface area (TPSA) is 46.6 Å². The fourth-order valence-electron chi connectivity index (χ4n) is 4.01. The van der Waals surface area contributed by atoms with E-state index in [4.69, 9.17) is 16.3 Å². The minimum atomic E-state index is 0.0725. The summed E-state index contributed by atoms with van der Waals surface area (Å²) in [5, 5.41) is 0.667. The Balaban J connectivity index is 1.73. The monoisotopic (exact) mass is 399 g/mol. The van der Waals surface area contributed by atoms with E-state index in [2.05, 4.69) is 12.1 Å². The lowest BCUT2D eigenvalue weighted by Crippen LogP contribution is -2.42. The number of carbonyl (C=O) groups excluding carboxylic acids is 2. The van der Waals surface area contributed by atoms with E-state index in [-0.39, 0.29) is 23.5 Å². The molecule has 1 saturated heterocycles. The van der Waals surface area contributed by atoms with E-state index in [1.807, 2.05) is 41.3 Å². The second-order valence-corrected chi connectivity index (χ2v) is 7.88. The number of hydrogen-bond acceptors (Lipinski definition) is 3. The summed E-state index contributed by atoms with van der Waals surface area (Å²) in [6.45, 7) is 2.95. The molecule has 1 aliphatic heterocycles. The van der Waals surface area contributed by atoms with E-state index in [0.717, 1.165) is 24.3 Å². The summed E-state index contributed by atoms with van der Waals surface area (Å²) in [4.78, 5) is 26.5. The van der Waals surface area contributed by atoms with Crippen molar-refractivity contribution in [2.75, 3.05) is 20.2 Å². The summed E-state index contributed by atoms with van der Waals surface area (Å²) in [7, 11) is 1.65. The Bertz CT molecular complexity index is 817. The van der Waals surface area contributed by atoms with Crippen molar-refractivity contribution in [2.45, 2.75) is 32.1 Å². The molecule has 0 bridgehead atoms. The van der Waals surface area contributed by atoms with E-state index in [1.165, 1.54) is 5.56 Å². The number of methoxy groups -OCH3 is 1. The van der Waals surface area contributed by atoms with Crippen LogP contribution in [0.1, 0.15) is 36.8 Å². The van der Waals surface area contributed by atoms with Crippen LogP contribution >= 0.6 is 11.6 Å². The maximum atomic E-state index is 12.8. The molecular formula is C23H26ClNO3. The molecule has 1 unspecified atom stereocenters. The zero-order valence-electron chi connectivity index (χ0n) is 16.4. The van der Waals surface area contributed by atoms with Crippen LogP contribution in [-0.4, -0.2) is 36.8 Å². The Kier molecular flexibility index (Phi) is 6.74. The van der Waals surface area contributed by atoms with Crippen LogP contribution < -0.4 is 4.74 Å². The lowest BCUT2D eigenvalue weighted by Gasteiger charge is -2.38. The molecule has 1 amide bonds. The number of halogens is 1. The number of nitrogens with zero attached hydrogens (tertiary/aromatic N) is 1. The summed E-state index contributed by atoms with van der Waals surface area (Å²) in [6.07, 6.45) is 1.72. The molecule has 0 radical (unpaired) electrons. The standard InChI is InChI=1S/C23H26ClNO3/c1-16(26)25-12-11-23(18-5-9-22(28-2)10-6-18)19(15-25)14-21(27)13-17-3-7-20(24)8-4-17/h3-10,19,23H,11-15H2,1-2H3/t19-,23?/m1/s1. The first kappa shape index (κ1) is 20.4. The van der Waals surface area contributed by atoms with E-state index < -0.39 is 0 Å². The van der Waals surface area contributed by atoms with Crippen molar-refractivity contribution in [3.05, 3.63) is 64.7 Å². The Morgan fingerprint density at radius 2 is 1.79 bits per heavy atom. The van der Waals surface area contributed by atoms with Gasteiger partial charge in [0, 0.05) is 37.9 Å². The fraction of sp³-hybridized carbons (Fsp3) is 0.391. The van der Waals surface area contributed by atoms with E-state index in [0.29, 0.717) is 24.4 Å². The van der Waals surface area contributed by atoms with Crippen LogP contribution in [0.4, 0.5) is 0 Å². The summed E-state index contributed by atoms with van der Waals surface area (Å²) in [5.41, 5.74) is 2.17. The maximum Gasteiger partial charge on any atom is 0.219 e. The van der Waals surface area contributed by atoms with Gasteiger partial charge in [-0.15, -0.1) is 0 Å². The van der Waals surface area contributed by atoms with Crippen molar-refractivity contribution in [1.82, 2.24) is 4.90 Å². The average Bonchev–Trinajstić information content (AvgIpc) is 2.69. The van der Waals surface area contributed by atoms with Gasteiger partial charge in [-0.2, -0.15) is 0 Å². The highest BCUT2D eigenvalue weighted by Crippen LogP contribution is 2.36. The number of carbonyl (C=O) groups is 2. The van der Waals surface area contributed by atoms with Crippen molar-refractivity contribution in [1.29, 1.82) is 0 Å². The van der Waals surface area contributed by atoms with Gasteiger partial charge in [0.1, 0.15) is 11.5 Å². The predicted molar refractivity (Wildman–Crippen MR) is 111 cm³/mol. The largest absolute Gasteiger partial charge is 0.497 e. The molecule has 5 heteroatoms. The molecule has 1 aliphatic rings. The van der Waals surface area contributed by atoms with Gasteiger partial charge >= 0.3 is 0 Å². The predicted octanol–water partition coefficient (Wildman–Crippen LogP) is 4.50. The second kappa shape index (κ2) is 9.24. The van der Waals surface area contributed by atoms with Crippen LogP contribution in [-0.2, 0) is 16.0 Å². The minimum absolute atomic E-state index is 0.0725. The Morgan fingerprint density at radius 3 is 2.39 bits per heavy atom. The fourth-order valence-corrected chi connectivity index (χ4v) is 4.14. The molecule has 148 valence electrons. The summed E-state index contributed by atoms with van der Waals surface area (Å²) in [5.74, 6) is 1.46. The summed E-state index contributed by atoms with van der Waals surface area (Å²) >= 11 is 5.93. The molecule has 28 heavy (non-hydrogen) atoms. The van der Waals surface area contributed by atoms with Gasteiger partial charge in [-0.3, -0.25) is 9.59 Å². The van der Waals surface area contributed by atoms with Crippen LogP contribution in [0.15, 0.2) is 48.5 Å².